The molecule has 2 aromatic carbocycles. The number of rotatable bonds is 7. The number of pyridine rings is 1. The summed E-state index contributed by atoms with van der Waals surface area (Å²) in [7, 11) is -3.54. The van der Waals surface area contributed by atoms with E-state index in [1.165, 1.54) is 15.9 Å². The summed E-state index contributed by atoms with van der Waals surface area (Å²) in [5.74, 6) is -0.507. The van der Waals surface area contributed by atoms with E-state index in [2.05, 4.69) is 10.3 Å². The molecule has 1 aliphatic heterocycles. The Morgan fingerprint density at radius 3 is 2.26 bits per heavy atom. The van der Waals surface area contributed by atoms with Gasteiger partial charge in [0.05, 0.1) is 5.75 Å². The van der Waals surface area contributed by atoms with Crippen LogP contribution in [-0.2, 0) is 27.0 Å². The van der Waals surface area contributed by atoms with Crippen LogP contribution in [0.3, 0.4) is 0 Å². The summed E-state index contributed by atoms with van der Waals surface area (Å²) in [6.45, 7) is 0.604. The number of nitrogens with one attached hydrogen (secondary N) is 1. The number of aromatic nitrogens is 1. The zero-order valence-electron chi connectivity index (χ0n) is 18.5. The lowest BCUT2D eigenvalue weighted by molar-refractivity contribution is -0.120. The molecule has 1 saturated heterocycles. The molecule has 1 amide bonds. The zero-order chi connectivity index (χ0) is 24.1. The van der Waals surface area contributed by atoms with Crippen molar-refractivity contribution < 1.29 is 13.2 Å². The molecule has 0 aliphatic carbocycles. The Morgan fingerprint density at radius 1 is 0.971 bits per heavy atom. The topological polar surface area (TPSA) is 79.4 Å². The van der Waals surface area contributed by atoms with Crippen LogP contribution in [0.2, 0.25) is 10.0 Å². The molecule has 6 nitrogen and oxygen atoms in total. The van der Waals surface area contributed by atoms with E-state index in [-0.39, 0.29) is 17.6 Å². The van der Waals surface area contributed by atoms with Gasteiger partial charge in [-0.3, -0.25) is 9.78 Å². The molecule has 1 aliphatic rings. The maximum absolute atomic E-state index is 12.9. The first-order valence-electron chi connectivity index (χ1n) is 11.0. The lowest BCUT2D eigenvalue weighted by atomic mass is 9.97. The molecule has 178 valence electrons. The van der Waals surface area contributed by atoms with Crippen molar-refractivity contribution in [2.75, 3.05) is 18.4 Å². The molecule has 1 fully saturated rings. The Hall–Kier alpha value is -2.45. The Labute approximate surface area is 210 Å². The predicted molar refractivity (Wildman–Crippen MR) is 135 cm³/mol. The second-order valence-electron chi connectivity index (χ2n) is 8.38. The number of sulfonamides is 1. The molecule has 1 N–H and O–H groups in total. The van der Waals surface area contributed by atoms with Gasteiger partial charge in [-0.15, -0.1) is 0 Å². The molecule has 0 spiro atoms. The lowest BCUT2D eigenvalue weighted by Gasteiger charge is -2.30. The van der Waals surface area contributed by atoms with E-state index in [1.54, 1.807) is 24.5 Å². The number of anilines is 1. The van der Waals surface area contributed by atoms with Gasteiger partial charge in [-0.25, -0.2) is 12.7 Å². The quantitative estimate of drug-likeness (QED) is 0.469. The molecule has 0 atom stereocenters. The first kappa shape index (κ1) is 24.7. The Morgan fingerprint density at radius 2 is 1.62 bits per heavy atom. The van der Waals surface area contributed by atoms with Gasteiger partial charge in [0.15, 0.2) is 0 Å². The molecule has 1 aromatic heterocycles. The molecule has 34 heavy (non-hydrogen) atoms. The largest absolute Gasteiger partial charge is 0.326 e. The fourth-order valence-corrected chi connectivity index (χ4v) is 6.16. The average Bonchev–Trinajstić information content (AvgIpc) is 2.83. The Balaban J connectivity index is 1.29. The van der Waals surface area contributed by atoms with Crippen molar-refractivity contribution in [3.05, 3.63) is 93.7 Å². The van der Waals surface area contributed by atoms with Gasteiger partial charge in [-0.05, 0) is 72.4 Å². The summed E-state index contributed by atoms with van der Waals surface area (Å²) >= 11 is 12.0. The molecule has 0 saturated carbocycles. The fraction of sp³-hybridized carbons (Fsp3) is 0.280. The number of carbonyl (C=O) groups is 1. The minimum absolute atomic E-state index is 0.0836. The van der Waals surface area contributed by atoms with Crippen LogP contribution < -0.4 is 5.32 Å². The normalized spacial score (nSPS) is 15.2. The van der Waals surface area contributed by atoms with E-state index in [0.29, 0.717) is 41.5 Å². The van der Waals surface area contributed by atoms with Crippen molar-refractivity contribution in [3.63, 3.8) is 0 Å². The number of hydrogen-bond acceptors (Lipinski definition) is 4. The highest BCUT2D eigenvalue weighted by Gasteiger charge is 2.31. The molecule has 4 rings (SSSR count). The number of nitrogens with zero attached hydrogens (tertiary/aromatic N) is 2. The third kappa shape index (κ3) is 6.36. The van der Waals surface area contributed by atoms with Crippen molar-refractivity contribution in [2.45, 2.75) is 25.0 Å². The summed E-state index contributed by atoms with van der Waals surface area (Å²) in [6, 6.07) is 16.5. The standard InChI is InChI=1S/C25H25Cl2N3O3S/c26-22-4-3-21(24(27)16-22)17-34(32,33)30-13-9-20(10-14-30)25(31)29-23-5-1-18(2-6-23)15-19-7-11-28-12-8-19/h1-8,11-12,16,20H,9-10,13-15,17H2,(H,29,31). The van der Waals surface area contributed by atoms with Gasteiger partial charge in [-0.2, -0.15) is 0 Å². The van der Waals surface area contributed by atoms with E-state index in [1.807, 2.05) is 36.4 Å². The highest BCUT2D eigenvalue weighted by Crippen LogP contribution is 2.27. The minimum Gasteiger partial charge on any atom is -0.326 e. The molecule has 2 heterocycles. The number of carbonyl (C=O) groups excluding carboxylic acids is 1. The zero-order valence-corrected chi connectivity index (χ0v) is 20.8. The van der Waals surface area contributed by atoms with Crippen LogP contribution in [0, 0.1) is 5.92 Å². The van der Waals surface area contributed by atoms with Crippen molar-refractivity contribution in [1.29, 1.82) is 0 Å². The molecule has 0 radical (unpaired) electrons. The molecule has 0 bridgehead atoms. The first-order chi connectivity index (χ1) is 16.3. The van der Waals surface area contributed by atoms with Gasteiger partial charge in [-0.1, -0.05) is 41.4 Å². The fourth-order valence-electron chi connectivity index (χ4n) is 4.01. The number of benzene rings is 2. The van der Waals surface area contributed by atoms with E-state index in [9.17, 15) is 13.2 Å². The Kier molecular flexibility index (Phi) is 7.88. The van der Waals surface area contributed by atoms with E-state index in [0.717, 1.165) is 17.7 Å². The minimum atomic E-state index is -3.54. The van der Waals surface area contributed by atoms with Crippen LogP contribution in [0.15, 0.2) is 67.0 Å². The number of amides is 1. The van der Waals surface area contributed by atoms with E-state index in [4.69, 9.17) is 23.2 Å². The van der Waals surface area contributed by atoms with Crippen molar-refractivity contribution in [1.82, 2.24) is 9.29 Å². The third-order valence-electron chi connectivity index (χ3n) is 5.95. The molecule has 0 unspecified atom stereocenters. The third-order valence-corrected chi connectivity index (χ3v) is 8.36. The van der Waals surface area contributed by atoms with E-state index >= 15 is 0 Å². The van der Waals surface area contributed by atoms with Crippen LogP contribution in [-0.4, -0.2) is 36.7 Å². The van der Waals surface area contributed by atoms with Gasteiger partial charge >= 0.3 is 0 Å². The van der Waals surface area contributed by atoms with Crippen LogP contribution in [0.5, 0.6) is 0 Å². The first-order valence-corrected chi connectivity index (χ1v) is 13.4. The smallest absolute Gasteiger partial charge is 0.227 e. The van der Waals surface area contributed by atoms with Crippen LogP contribution in [0.25, 0.3) is 0 Å². The van der Waals surface area contributed by atoms with Gasteiger partial charge < -0.3 is 5.32 Å². The monoisotopic (exact) mass is 517 g/mol. The highest BCUT2D eigenvalue weighted by molar-refractivity contribution is 7.88. The predicted octanol–water partition coefficient (Wildman–Crippen LogP) is 5.16. The number of piperidine rings is 1. The number of hydrogen-bond donors (Lipinski definition) is 1. The summed E-state index contributed by atoms with van der Waals surface area (Å²) in [6.07, 6.45) is 5.28. The Bertz CT molecular complexity index is 1240. The molecular formula is C25H25Cl2N3O3S. The van der Waals surface area contributed by atoms with Gasteiger partial charge in [0.1, 0.15) is 0 Å². The van der Waals surface area contributed by atoms with Crippen molar-refractivity contribution in [2.24, 2.45) is 5.92 Å². The molecule has 3 aromatic rings. The van der Waals surface area contributed by atoms with E-state index < -0.39 is 10.0 Å². The van der Waals surface area contributed by atoms with Crippen LogP contribution in [0.1, 0.15) is 29.5 Å². The SMILES string of the molecule is O=C(Nc1ccc(Cc2ccncc2)cc1)C1CCN(S(=O)(=O)Cc2ccc(Cl)cc2Cl)CC1. The average molecular weight is 518 g/mol. The van der Waals surface area contributed by atoms with Crippen molar-refractivity contribution >= 4 is 44.8 Å². The summed E-state index contributed by atoms with van der Waals surface area (Å²) < 4.78 is 27.1. The summed E-state index contributed by atoms with van der Waals surface area (Å²) in [5, 5.41) is 3.75. The summed E-state index contributed by atoms with van der Waals surface area (Å²) in [4.78, 5) is 16.8. The molecular weight excluding hydrogens is 493 g/mol. The number of halogens is 2. The summed E-state index contributed by atoms with van der Waals surface area (Å²) in [5.41, 5.74) is 3.56. The van der Waals surface area contributed by atoms with Crippen LogP contribution >= 0.6 is 23.2 Å². The second kappa shape index (κ2) is 10.9. The maximum Gasteiger partial charge on any atom is 0.227 e. The second-order valence-corrected chi connectivity index (χ2v) is 11.2. The lowest BCUT2D eigenvalue weighted by Crippen LogP contribution is -2.41. The van der Waals surface area contributed by atoms with Gasteiger partial charge in [0.2, 0.25) is 15.9 Å². The van der Waals surface area contributed by atoms with Gasteiger partial charge in [0.25, 0.3) is 0 Å². The van der Waals surface area contributed by atoms with Crippen molar-refractivity contribution in [3.8, 4) is 0 Å². The maximum atomic E-state index is 12.9. The molecule has 9 heteroatoms. The highest BCUT2D eigenvalue weighted by atomic mass is 35.5. The van der Waals surface area contributed by atoms with Crippen LogP contribution in [0.4, 0.5) is 5.69 Å². The van der Waals surface area contributed by atoms with Gasteiger partial charge in [0, 0.05) is 47.1 Å².